The van der Waals surface area contributed by atoms with Crippen LogP contribution >= 0.6 is 0 Å². The second-order valence-electron chi connectivity index (χ2n) is 4.19. The minimum atomic E-state index is -0.373. The molecule has 0 saturated carbocycles. The van der Waals surface area contributed by atoms with Gasteiger partial charge in [-0.1, -0.05) is 0 Å². The summed E-state index contributed by atoms with van der Waals surface area (Å²) in [6.07, 6.45) is 1.99. The van der Waals surface area contributed by atoms with Gasteiger partial charge in [0.25, 0.3) is 0 Å². The molecule has 0 bridgehead atoms. The number of hydrogen-bond donors (Lipinski definition) is 2. The lowest BCUT2D eigenvalue weighted by atomic mass is 9.99. The Morgan fingerprint density at radius 3 is 2.93 bits per heavy atom. The minimum absolute atomic E-state index is 0.0757. The lowest BCUT2D eigenvalue weighted by Crippen LogP contribution is -2.53. The maximum Gasteiger partial charge on any atom is 0.240 e. The predicted octanol–water partition coefficient (Wildman–Crippen LogP) is 0.280. The monoisotopic (exact) mass is 200 g/mol. The highest BCUT2D eigenvalue weighted by molar-refractivity contribution is 5.86. The van der Waals surface area contributed by atoms with Crippen LogP contribution in [0.5, 0.6) is 0 Å². The minimum Gasteiger partial charge on any atom is -0.383 e. The molecule has 0 radical (unpaired) electrons. The number of methoxy groups -OCH3 is 1. The van der Waals surface area contributed by atoms with Gasteiger partial charge in [-0.05, 0) is 33.2 Å². The Bertz CT molecular complexity index is 200. The lowest BCUT2D eigenvalue weighted by Gasteiger charge is -2.25. The third-order valence-electron chi connectivity index (χ3n) is 2.66. The highest BCUT2D eigenvalue weighted by Gasteiger charge is 2.36. The van der Waals surface area contributed by atoms with Crippen LogP contribution in [-0.2, 0) is 9.53 Å². The van der Waals surface area contributed by atoms with E-state index < -0.39 is 0 Å². The van der Waals surface area contributed by atoms with Gasteiger partial charge >= 0.3 is 0 Å². The van der Waals surface area contributed by atoms with E-state index in [1.807, 2.05) is 13.8 Å². The molecule has 0 aromatic carbocycles. The molecule has 1 aliphatic rings. The van der Waals surface area contributed by atoms with Crippen molar-refractivity contribution in [1.82, 2.24) is 10.6 Å². The zero-order chi connectivity index (χ0) is 10.6. The third kappa shape index (κ3) is 2.69. The zero-order valence-electron chi connectivity index (χ0n) is 9.22. The molecule has 1 amide bonds. The highest BCUT2D eigenvalue weighted by atomic mass is 16.5. The molecule has 14 heavy (non-hydrogen) atoms. The first-order chi connectivity index (χ1) is 6.58. The van der Waals surface area contributed by atoms with Gasteiger partial charge in [0, 0.05) is 13.2 Å². The van der Waals surface area contributed by atoms with Gasteiger partial charge in [-0.3, -0.25) is 4.79 Å². The number of ether oxygens (including phenoxy) is 1. The molecule has 1 rings (SSSR count). The Hall–Kier alpha value is -0.610. The molecule has 0 spiro atoms. The SMILES string of the molecule is COCC(C)NC(=O)C1(C)CCCN1. The van der Waals surface area contributed by atoms with Crippen LogP contribution in [0.15, 0.2) is 0 Å². The molecule has 1 saturated heterocycles. The average molecular weight is 200 g/mol. The van der Waals surface area contributed by atoms with Crippen molar-refractivity contribution in [2.45, 2.75) is 38.3 Å². The summed E-state index contributed by atoms with van der Waals surface area (Å²) in [7, 11) is 1.64. The molecule has 4 nitrogen and oxygen atoms in total. The number of hydrogen-bond acceptors (Lipinski definition) is 3. The summed E-state index contributed by atoms with van der Waals surface area (Å²) in [6.45, 7) is 5.39. The van der Waals surface area contributed by atoms with Gasteiger partial charge in [0.15, 0.2) is 0 Å². The zero-order valence-corrected chi connectivity index (χ0v) is 9.22. The molecule has 1 heterocycles. The van der Waals surface area contributed by atoms with E-state index in [4.69, 9.17) is 4.74 Å². The van der Waals surface area contributed by atoms with Gasteiger partial charge in [0.2, 0.25) is 5.91 Å². The fraction of sp³-hybridized carbons (Fsp3) is 0.900. The average Bonchev–Trinajstić information content (AvgIpc) is 2.54. The van der Waals surface area contributed by atoms with E-state index in [1.165, 1.54) is 0 Å². The molecule has 0 aliphatic carbocycles. The molecule has 2 atom stereocenters. The molecular weight excluding hydrogens is 180 g/mol. The molecule has 2 unspecified atom stereocenters. The topological polar surface area (TPSA) is 50.4 Å². The number of nitrogens with one attached hydrogen (secondary N) is 2. The van der Waals surface area contributed by atoms with Crippen LogP contribution in [0.2, 0.25) is 0 Å². The van der Waals surface area contributed by atoms with E-state index in [9.17, 15) is 4.79 Å². The molecule has 0 aromatic heterocycles. The normalized spacial score (nSPS) is 28.8. The van der Waals surface area contributed by atoms with Crippen molar-refractivity contribution in [3.05, 3.63) is 0 Å². The van der Waals surface area contributed by atoms with Crippen LogP contribution in [0.4, 0.5) is 0 Å². The Morgan fingerprint density at radius 2 is 2.43 bits per heavy atom. The van der Waals surface area contributed by atoms with E-state index in [2.05, 4.69) is 10.6 Å². The third-order valence-corrected chi connectivity index (χ3v) is 2.66. The fourth-order valence-electron chi connectivity index (χ4n) is 1.76. The summed E-state index contributed by atoms with van der Waals surface area (Å²) in [5.74, 6) is 0.0829. The molecule has 2 N–H and O–H groups in total. The maximum absolute atomic E-state index is 11.8. The second-order valence-corrected chi connectivity index (χ2v) is 4.19. The van der Waals surface area contributed by atoms with Crippen molar-refractivity contribution in [3.63, 3.8) is 0 Å². The fourth-order valence-corrected chi connectivity index (χ4v) is 1.76. The van der Waals surface area contributed by atoms with Crippen LogP contribution in [0.3, 0.4) is 0 Å². The van der Waals surface area contributed by atoms with E-state index in [-0.39, 0.29) is 17.5 Å². The van der Waals surface area contributed by atoms with Crippen molar-refractivity contribution in [2.24, 2.45) is 0 Å². The van der Waals surface area contributed by atoms with Crippen LogP contribution in [0.1, 0.15) is 26.7 Å². The maximum atomic E-state index is 11.8. The lowest BCUT2D eigenvalue weighted by molar-refractivity contribution is -0.127. The summed E-state index contributed by atoms with van der Waals surface area (Å²) in [5, 5.41) is 6.16. The predicted molar refractivity (Wildman–Crippen MR) is 55.1 cm³/mol. The molecule has 4 heteroatoms. The number of carbonyl (C=O) groups is 1. The Balaban J connectivity index is 2.40. The largest absolute Gasteiger partial charge is 0.383 e. The number of carbonyl (C=O) groups excluding carboxylic acids is 1. The van der Waals surface area contributed by atoms with Crippen molar-refractivity contribution in [2.75, 3.05) is 20.3 Å². The van der Waals surface area contributed by atoms with Crippen molar-refractivity contribution >= 4 is 5.91 Å². The van der Waals surface area contributed by atoms with Crippen LogP contribution in [-0.4, -0.2) is 37.7 Å². The molecule has 82 valence electrons. The van der Waals surface area contributed by atoms with E-state index in [0.717, 1.165) is 19.4 Å². The summed E-state index contributed by atoms with van der Waals surface area (Å²) in [6, 6.07) is 0.0757. The van der Waals surface area contributed by atoms with Crippen molar-refractivity contribution < 1.29 is 9.53 Å². The molecule has 1 aliphatic heterocycles. The van der Waals surface area contributed by atoms with Crippen molar-refractivity contribution in [3.8, 4) is 0 Å². The first kappa shape index (κ1) is 11.5. The van der Waals surface area contributed by atoms with Gasteiger partial charge in [-0.2, -0.15) is 0 Å². The first-order valence-corrected chi connectivity index (χ1v) is 5.13. The van der Waals surface area contributed by atoms with Crippen molar-refractivity contribution in [1.29, 1.82) is 0 Å². The summed E-state index contributed by atoms with van der Waals surface area (Å²) >= 11 is 0. The smallest absolute Gasteiger partial charge is 0.240 e. The summed E-state index contributed by atoms with van der Waals surface area (Å²) < 4.78 is 4.96. The first-order valence-electron chi connectivity index (χ1n) is 5.13. The molecular formula is C10H20N2O2. The summed E-state index contributed by atoms with van der Waals surface area (Å²) in [5.41, 5.74) is -0.373. The van der Waals surface area contributed by atoms with Crippen LogP contribution in [0, 0.1) is 0 Å². The van der Waals surface area contributed by atoms with E-state index in [0.29, 0.717) is 6.61 Å². The van der Waals surface area contributed by atoms with Gasteiger partial charge in [-0.15, -0.1) is 0 Å². The molecule has 1 fully saturated rings. The van der Waals surface area contributed by atoms with Gasteiger partial charge in [0.1, 0.15) is 0 Å². The summed E-state index contributed by atoms with van der Waals surface area (Å²) in [4.78, 5) is 11.8. The van der Waals surface area contributed by atoms with E-state index in [1.54, 1.807) is 7.11 Å². The van der Waals surface area contributed by atoms with Gasteiger partial charge in [-0.25, -0.2) is 0 Å². The van der Waals surface area contributed by atoms with Crippen LogP contribution in [0.25, 0.3) is 0 Å². The molecule has 0 aromatic rings. The van der Waals surface area contributed by atoms with Gasteiger partial charge in [0.05, 0.1) is 12.1 Å². The highest BCUT2D eigenvalue weighted by Crippen LogP contribution is 2.18. The standard InChI is InChI=1S/C10H20N2O2/c1-8(7-14-3)12-9(13)10(2)5-4-6-11-10/h8,11H,4-7H2,1-3H3,(H,12,13). The van der Waals surface area contributed by atoms with Gasteiger partial charge < -0.3 is 15.4 Å². The van der Waals surface area contributed by atoms with Crippen LogP contribution < -0.4 is 10.6 Å². The van der Waals surface area contributed by atoms with E-state index >= 15 is 0 Å². The quantitative estimate of drug-likeness (QED) is 0.685. The Labute approximate surface area is 85.4 Å². The number of amides is 1. The Kier molecular flexibility index (Phi) is 3.89. The Morgan fingerprint density at radius 1 is 1.71 bits per heavy atom. The number of rotatable bonds is 4. The second kappa shape index (κ2) is 4.75.